The van der Waals surface area contributed by atoms with Crippen molar-refractivity contribution in [1.29, 1.82) is 0 Å². The lowest BCUT2D eigenvalue weighted by molar-refractivity contribution is -0.384. The molecule has 156 valence electrons. The van der Waals surface area contributed by atoms with E-state index in [4.69, 9.17) is 4.52 Å². The summed E-state index contributed by atoms with van der Waals surface area (Å²) in [4.78, 5) is 19.4. The Bertz CT molecular complexity index is 1050. The van der Waals surface area contributed by atoms with E-state index in [2.05, 4.69) is 15.0 Å². The molecule has 1 aromatic heterocycles. The van der Waals surface area contributed by atoms with Gasteiger partial charge in [-0.1, -0.05) is 35.0 Å². The number of piperazine rings is 1. The number of nitro groups is 1. The summed E-state index contributed by atoms with van der Waals surface area (Å²) in [5, 5.41) is 15.4. The zero-order valence-electron chi connectivity index (χ0n) is 16.8. The molecule has 9 heteroatoms. The largest absolute Gasteiger partial charge is 0.363 e. The van der Waals surface area contributed by atoms with Crippen LogP contribution in [0.15, 0.2) is 47.0 Å². The van der Waals surface area contributed by atoms with Gasteiger partial charge in [0.15, 0.2) is 0 Å². The molecule has 0 saturated carbocycles. The number of halogens is 1. The standard InChI is InChI=1S/C21H22FN5O3/c1-14-3-5-16(6-4-14)20-23-21(30-24-20)15(2)25-9-11-26(12-10-25)19-13-17(22)7-8-18(19)27(28)29/h3-8,13,15H,9-12H2,1-2H3. The van der Waals surface area contributed by atoms with Gasteiger partial charge in [0.25, 0.3) is 5.69 Å². The van der Waals surface area contributed by atoms with E-state index in [1.165, 1.54) is 12.1 Å². The maximum Gasteiger partial charge on any atom is 0.292 e. The second kappa shape index (κ2) is 8.19. The molecular weight excluding hydrogens is 389 g/mol. The predicted molar refractivity (Wildman–Crippen MR) is 110 cm³/mol. The molecule has 0 bridgehead atoms. The van der Waals surface area contributed by atoms with Crippen molar-refractivity contribution in [2.24, 2.45) is 0 Å². The summed E-state index contributed by atoms with van der Waals surface area (Å²) >= 11 is 0. The number of rotatable bonds is 5. The fraction of sp³-hybridized carbons (Fsp3) is 0.333. The van der Waals surface area contributed by atoms with Crippen LogP contribution in [-0.4, -0.2) is 46.1 Å². The van der Waals surface area contributed by atoms with Gasteiger partial charge in [0.1, 0.15) is 11.5 Å². The Morgan fingerprint density at radius 3 is 2.50 bits per heavy atom. The van der Waals surface area contributed by atoms with Crippen molar-refractivity contribution in [1.82, 2.24) is 15.0 Å². The van der Waals surface area contributed by atoms with Crippen LogP contribution in [0.1, 0.15) is 24.4 Å². The third kappa shape index (κ3) is 4.02. The zero-order valence-corrected chi connectivity index (χ0v) is 16.8. The number of nitrogens with zero attached hydrogens (tertiary/aromatic N) is 5. The Labute approximate surface area is 173 Å². The Morgan fingerprint density at radius 2 is 1.83 bits per heavy atom. The van der Waals surface area contributed by atoms with Crippen LogP contribution >= 0.6 is 0 Å². The average molecular weight is 411 g/mol. The molecular formula is C21H22FN5O3. The van der Waals surface area contributed by atoms with Gasteiger partial charge in [-0.15, -0.1) is 0 Å². The Balaban J connectivity index is 1.44. The molecule has 2 heterocycles. The van der Waals surface area contributed by atoms with Gasteiger partial charge in [-0.25, -0.2) is 4.39 Å². The lowest BCUT2D eigenvalue weighted by Crippen LogP contribution is -2.47. The van der Waals surface area contributed by atoms with Gasteiger partial charge in [0.2, 0.25) is 11.7 Å². The second-order valence-corrected chi connectivity index (χ2v) is 7.41. The van der Waals surface area contributed by atoms with E-state index < -0.39 is 10.7 Å². The van der Waals surface area contributed by atoms with Crippen molar-refractivity contribution in [2.45, 2.75) is 19.9 Å². The van der Waals surface area contributed by atoms with E-state index in [-0.39, 0.29) is 11.7 Å². The molecule has 2 aromatic carbocycles. The molecule has 4 rings (SSSR count). The van der Waals surface area contributed by atoms with Crippen molar-refractivity contribution in [3.05, 3.63) is 69.9 Å². The molecule has 1 aliphatic rings. The van der Waals surface area contributed by atoms with E-state index in [0.717, 1.165) is 17.2 Å². The molecule has 1 saturated heterocycles. The smallest absolute Gasteiger partial charge is 0.292 e. The molecule has 1 aliphatic heterocycles. The van der Waals surface area contributed by atoms with E-state index in [1.807, 2.05) is 43.0 Å². The van der Waals surface area contributed by atoms with Crippen molar-refractivity contribution in [3.8, 4) is 11.4 Å². The summed E-state index contributed by atoms with van der Waals surface area (Å²) in [6, 6.07) is 11.4. The highest BCUT2D eigenvalue weighted by Crippen LogP contribution is 2.31. The third-order valence-corrected chi connectivity index (χ3v) is 5.45. The number of nitro benzene ring substituents is 1. The van der Waals surface area contributed by atoms with Gasteiger partial charge in [-0.3, -0.25) is 15.0 Å². The number of hydrogen-bond donors (Lipinski definition) is 0. The molecule has 0 amide bonds. The molecule has 0 N–H and O–H groups in total. The van der Waals surface area contributed by atoms with Gasteiger partial charge in [-0.2, -0.15) is 4.98 Å². The minimum absolute atomic E-state index is 0.0856. The Kier molecular flexibility index (Phi) is 5.45. The van der Waals surface area contributed by atoms with Crippen LogP contribution in [-0.2, 0) is 0 Å². The minimum atomic E-state index is -0.485. The maximum absolute atomic E-state index is 13.7. The molecule has 30 heavy (non-hydrogen) atoms. The normalized spacial score (nSPS) is 15.9. The first-order chi connectivity index (χ1) is 14.4. The number of aromatic nitrogens is 2. The van der Waals surface area contributed by atoms with Crippen molar-refractivity contribution < 1.29 is 13.8 Å². The number of anilines is 1. The Hall–Kier alpha value is -3.33. The van der Waals surface area contributed by atoms with Gasteiger partial charge in [0.05, 0.1) is 11.0 Å². The maximum atomic E-state index is 13.7. The number of hydrogen-bond acceptors (Lipinski definition) is 7. The molecule has 1 fully saturated rings. The SMILES string of the molecule is Cc1ccc(-c2noc(C(C)N3CCN(c4cc(F)ccc4[N+](=O)[O-])CC3)n2)cc1. The monoisotopic (exact) mass is 411 g/mol. The van der Waals surface area contributed by atoms with Crippen LogP contribution in [0.3, 0.4) is 0 Å². The van der Waals surface area contributed by atoms with Crippen LogP contribution in [0.25, 0.3) is 11.4 Å². The van der Waals surface area contributed by atoms with Gasteiger partial charge in [0, 0.05) is 43.9 Å². The predicted octanol–water partition coefficient (Wildman–Crippen LogP) is 3.98. The molecule has 0 aliphatic carbocycles. The van der Waals surface area contributed by atoms with Crippen LogP contribution < -0.4 is 4.90 Å². The molecule has 1 atom stereocenters. The summed E-state index contributed by atoms with van der Waals surface area (Å²) in [6.07, 6.45) is 0. The summed E-state index contributed by atoms with van der Waals surface area (Å²) in [5.41, 5.74) is 2.28. The quantitative estimate of drug-likeness (QED) is 0.463. The summed E-state index contributed by atoms with van der Waals surface area (Å²) < 4.78 is 19.2. The highest BCUT2D eigenvalue weighted by molar-refractivity contribution is 5.63. The second-order valence-electron chi connectivity index (χ2n) is 7.41. The first-order valence-corrected chi connectivity index (χ1v) is 9.76. The summed E-state index contributed by atoms with van der Waals surface area (Å²) in [5.74, 6) is 0.586. The summed E-state index contributed by atoms with van der Waals surface area (Å²) in [6.45, 7) is 6.35. The minimum Gasteiger partial charge on any atom is -0.363 e. The van der Waals surface area contributed by atoms with E-state index in [9.17, 15) is 14.5 Å². The van der Waals surface area contributed by atoms with Crippen molar-refractivity contribution in [2.75, 3.05) is 31.1 Å². The first-order valence-electron chi connectivity index (χ1n) is 9.76. The lowest BCUT2D eigenvalue weighted by atomic mass is 10.1. The van der Waals surface area contributed by atoms with E-state index in [0.29, 0.717) is 43.6 Å². The van der Waals surface area contributed by atoms with E-state index >= 15 is 0 Å². The molecule has 8 nitrogen and oxygen atoms in total. The van der Waals surface area contributed by atoms with Crippen LogP contribution in [0.2, 0.25) is 0 Å². The first kappa shape index (κ1) is 20.0. The van der Waals surface area contributed by atoms with Crippen LogP contribution in [0.5, 0.6) is 0 Å². The highest BCUT2D eigenvalue weighted by atomic mass is 19.1. The summed E-state index contributed by atoms with van der Waals surface area (Å²) in [7, 11) is 0. The van der Waals surface area contributed by atoms with Crippen molar-refractivity contribution in [3.63, 3.8) is 0 Å². The van der Waals surface area contributed by atoms with Gasteiger partial charge < -0.3 is 9.42 Å². The lowest BCUT2D eigenvalue weighted by Gasteiger charge is -2.37. The van der Waals surface area contributed by atoms with E-state index in [1.54, 1.807) is 0 Å². The molecule has 0 radical (unpaired) electrons. The molecule has 3 aromatic rings. The van der Waals surface area contributed by atoms with Gasteiger partial charge in [-0.05, 0) is 19.9 Å². The van der Waals surface area contributed by atoms with Crippen molar-refractivity contribution >= 4 is 11.4 Å². The molecule has 1 unspecified atom stereocenters. The number of aryl methyl sites for hydroxylation is 1. The fourth-order valence-electron chi connectivity index (χ4n) is 3.64. The zero-order chi connectivity index (χ0) is 21.3. The van der Waals surface area contributed by atoms with Crippen LogP contribution in [0.4, 0.5) is 15.8 Å². The number of benzene rings is 2. The van der Waals surface area contributed by atoms with Gasteiger partial charge >= 0.3 is 0 Å². The average Bonchev–Trinajstić information content (AvgIpc) is 3.24. The highest BCUT2D eigenvalue weighted by Gasteiger charge is 2.29. The topological polar surface area (TPSA) is 88.5 Å². The fourth-order valence-corrected chi connectivity index (χ4v) is 3.64. The molecule has 0 spiro atoms. The third-order valence-electron chi connectivity index (χ3n) is 5.45. The van der Waals surface area contributed by atoms with Crippen LogP contribution in [0, 0.1) is 22.9 Å². The Morgan fingerprint density at radius 1 is 1.13 bits per heavy atom.